The molecule has 0 unspecified atom stereocenters. The molecule has 3 aromatic rings. The third kappa shape index (κ3) is 2.32. The Hall–Kier alpha value is -2.86. The molecule has 0 saturated carbocycles. The molecule has 0 spiro atoms. The van der Waals surface area contributed by atoms with Crippen molar-refractivity contribution in [2.24, 2.45) is 0 Å². The number of aliphatic hydroxyl groups excluding tert-OH is 1. The Labute approximate surface area is 120 Å². The summed E-state index contributed by atoms with van der Waals surface area (Å²) in [6, 6.07) is 14.5. The number of hydrogen-bond acceptors (Lipinski definition) is 3. The van der Waals surface area contributed by atoms with Gasteiger partial charge in [0.15, 0.2) is 0 Å². The van der Waals surface area contributed by atoms with Gasteiger partial charge < -0.3 is 10.2 Å². The van der Waals surface area contributed by atoms with E-state index >= 15 is 0 Å². The number of fused-ring (bicyclic) bond motifs is 1. The molecule has 6 nitrogen and oxygen atoms in total. The largest absolute Gasteiger partial charge is 0.465 e. The third-order valence-electron chi connectivity index (χ3n) is 3.18. The lowest BCUT2D eigenvalue weighted by Gasteiger charge is -2.06. The lowest BCUT2D eigenvalue weighted by atomic mass is 10.1. The summed E-state index contributed by atoms with van der Waals surface area (Å²) in [5, 5.41) is 25.9. The summed E-state index contributed by atoms with van der Waals surface area (Å²) < 4.78 is 1.53. The van der Waals surface area contributed by atoms with Crippen molar-refractivity contribution >= 4 is 22.8 Å². The van der Waals surface area contributed by atoms with Crippen molar-refractivity contribution in [1.29, 1.82) is 0 Å². The van der Waals surface area contributed by atoms with Crippen LogP contribution in [-0.4, -0.2) is 26.1 Å². The van der Waals surface area contributed by atoms with Gasteiger partial charge in [-0.1, -0.05) is 30.3 Å². The van der Waals surface area contributed by atoms with Crippen LogP contribution in [0.5, 0.6) is 0 Å². The van der Waals surface area contributed by atoms with Gasteiger partial charge in [-0.25, -0.2) is 9.48 Å². The quantitative estimate of drug-likeness (QED) is 0.689. The monoisotopic (exact) mass is 283 g/mol. The summed E-state index contributed by atoms with van der Waals surface area (Å²) in [6.45, 7) is -0.157. The van der Waals surface area contributed by atoms with Crippen LogP contribution in [0.2, 0.25) is 0 Å². The fourth-order valence-corrected chi connectivity index (χ4v) is 2.27. The van der Waals surface area contributed by atoms with Crippen LogP contribution in [0.1, 0.15) is 5.56 Å². The molecule has 0 bridgehead atoms. The van der Waals surface area contributed by atoms with Crippen LogP contribution >= 0.6 is 0 Å². The Balaban J connectivity index is 2.30. The molecule has 1 aromatic heterocycles. The maximum absolute atomic E-state index is 11.0. The predicted octanol–water partition coefficient (Wildman–Crippen LogP) is 2.61. The molecule has 0 atom stereocenters. The van der Waals surface area contributed by atoms with Crippen molar-refractivity contribution in [2.45, 2.75) is 6.61 Å². The molecule has 0 aliphatic heterocycles. The van der Waals surface area contributed by atoms with Gasteiger partial charge in [-0.05, 0) is 18.2 Å². The average molecular weight is 283 g/mol. The summed E-state index contributed by atoms with van der Waals surface area (Å²) in [6.07, 6.45) is -1.16. The van der Waals surface area contributed by atoms with Crippen molar-refractivity contribution in [3.8, 4) is 5.69 Å². The zero-order chi connectivity index (χ0) is 14.8. The lowest BCUT2D eigenvalue weighted by molar-refractivity contribution is 0.209. The molecule has 0 aliphatic carbocycles. The molecule has 2 aromatic carbocycles. The van der Waals surface area contributed by atoms with Crippen molar-refractivity contribution in [3.63, 3.8) is 0 Å². The summed E-state index contributed by atoms with van der Waals surface area (Å²) in [7, 11) is 0. The number of nitrogens with zero attached hydrogens (tertiary/aromatic N) is 2. The molecule has 0 fully saturated rings. The normalized spacial score (nSPS) is 10.7. The Morgan fingerprint density at radius 2 is 1.90 bits per heavy atom. The van der Waals surface area contributed by atoms with Crippen LogP contribution < -0.4 is 5.32 Å². The fourth-order valence-electron chi connectivity index (χ4n) is 2.27. The van der Waals surface area contributed by atoms with Crippen molar-refractivity contribution in [1.82, 2.24) is 9.78 Å². The Kier molecular flexibility index (Phi) is 3.29. The number of amides is 1. The smallest absolute Gasteiger partial charge is 0.410 e. The number of carbonyl (C=O) groups is 1. The van der Waals surface area contributed by atoms with Gasteiger partial charge in [0.2, 0.25) is 0 Å². The number of carboxylic acid groups (broad SMARTS) is 1. The van der Waals surface area contributed by atoms with Gasteiger partial charge in [0, 0.05) is 10.9 Å². The number of nitrogens with one attached hydrogen (secondary N) is 1. The number of benzene rings is 2. The summed E-state index contributed by atoms with van der Waals surface area (Å²) in [4.78, 5) is 11.0. The van der Waals surface area contributed by atoms with Gasteiger partial charge in [0.25, 0.3) is 0 Å². The molecule has 106 valence electrons. The van der Waals surface area contributed by atoms with Gasteiger partial charge in [-0.2, -0.15) is 5.10 Å². The number of rotatable bonds is 3. The Morgan fingerprint density at radius 1 is 1.14 bits per heavy atom. The number of aromatic nitrogens is 2. The van der Waals surface area contributed by atoms with Crippen LogP contribution in [0.15, 0.2) is 48.5 Å². The Morgan fingerprint density at radius 3 is 2.57 bits per heavy atom. The van der Waals surface area contributed by atoms with Crippen molar-refractivity contribution in [3.05, 3.63) is 54.1 Å². The maximum atomic E-state index is 11.0. The third-order valence-corrected chi connectivity index (χ3v) is 3.18. The number of anilines is 1. The highest BCUT2D eigenvalue weighted by atomic mass is 16.4. The van der Waals surface area contributed by atoms with Crippen molar-refractivity contribution in [2.75, 3.05) is 5.32 Å². The molecular formula is C15H13N3O3. The van der Waals surface area contributed by atoms with E-state index in [-0.39, 0.29) is 6.61 Å². The van der Waals surface area contributed by atoms with Crippen LogP contribution in [0, 0.1) is 0 Å². The van der Waals surface area contributed by atoms with Gasteiger partial charge in [-0.3, -0.25) is 5.32 Å². The second-order valence-corrected chi connectivity index (χ2v) is 4.50. The fraction of sp³-hybridized carbons (Fsp3) is 0.0667. The van der Waals surface area contributed by atoms with Crippen LogP contribution in [0.25, 0.3) is 16.6 Å². The summed E-state index contributed by atoms with van der Waals surface area (Å²) in [5.74, 6) is 0.360. The highest BCUT2D eigenvalue weighted by Crippen LogP contribution is 2.28. The highest BCUT2D eigenvalue weighted by molar-refractivity contribution is 5.98. The van der Waals surface area contributed by atoms with E-state index in [2.05, 4.69) is 10.4 Å². The topological polar surface area (TPSA) is 87.4 Å². The van der Waals surface area contributed by atoms with Crippen molar-refractivity contribution < 1.29 is 15.0 Å². The first-order valence-electron chi connectivity index (χ1n) is 6.37. The number of para-hydroxylation sites is 1. The van der Waals surface area contributed by atoms with E-state index in [4.69, 9.17) is 5.11 Å². The molecule has 6 heteroatoms. The standard InChI is InChI=1S/C15H13N3O3/c19-9-10-5-4-8-12-13(10)17-18(14(12)16-15(20)21)11-6-2-1-3-7-11/h1-8,16,19H,9H2,(H,20,21). The molecule has 3 N–H and O–H groups in total. The SMILES string of the molecule is O=C(O)Nc1c2cccc(CO)c2nn1-c1ccccc1. The van der Waals surface area contributed by atoms with E-state index in [0.29, 0.717) is 22.3 Å². The Bertz CT molecular complexity index is 797. The van der Waals surface area contributed by atoms with E-state index in [0.717, 1.165) is 5.69 Å². The zero-order valence-electron chi connectivity index (χ0n) is 11.0. The van der Waals surface area contributed by atoms with Gasteiger partial charge in [0.1, 0.15) is 11.3 Å². The first-order chi connectivity index (χ1) is 10.2. The number of hydrogen-bond donors (Lipinski definition) is 3. The first-order valence-corrected chi connectivity index (χ1v) is 6.37. The van der Waals surface area contributed by atoms with Crippen LogP contribution in [0.3, 0.4) is 0 Å². The summed E-state index contributed by atoms with van der Waals surface area (Å²) >= 11 is 0. The molecule has 1 amide bonds. The lowest BCUT2D eigenvalue weighted by Crippen LogP contribution is -2.12. The predicted molar refractivity (Wildman–Crippen MR) is 78.6 cm³/mol. The molecule has 3 rings (SSSR count). The van der Waals surface area contributed by atoms with Crippen LogP contribution in [-0.2, 0) is 6.61 Å². The molecule has 0 aliphatic rings. The van der Waals surface area contributed by atoms with Gasteiger partial charge in [0.05, 0.1) is 12.3 Å². The molecule has 1 heterocycles. The van der Waals surface area contributed by atoms with Gasteiger partial charge >= 0.3 is 6.09 Å². The minimum absolute atomic E-state index is 0.157. The number of aliphatic hydroxyl groups is 1. The molecule has 21 heavy (non-hydrogen) atoms. The maximum Gasteiger partial charge on any atom is 0.410 e. The molecular weight excluding hydrogens is 270 g/mol. The second kappa shape index (κ2) is 5.26. The zero-order valence-corrected chi connectivity index (χ0v) is 11.0. The van der Waals surface area contributed by atoms with E-state index in [1.54, 1.807) is 18.2 Å². The highest BCUT2D eigenvalue weighted by Gasteiger charge is 2.16. The van der Waals surface area contributed by atoms with Crippen LogP contribution in [0.4, 0.5) is 10.6 Å². The molecule has 0 radical (unpaired) electrons. The van der Waals surface area contributed by atoms with Gasteiger partial charge in [-0.15, -0.1) is 0 Å². The van der Waals surface area contributed by atoms with E-state index in [1.165, 1.54) is 4.68 Å². The summed E-state index contributed by atoms with van der Waals surface area (Å²) in [5.41, 5.74) is 1.96. The van der Waals surface area contributed by atoms with E-state index < -0.39 is 6.09 Å². The minimum atomic E-state index is -1.16. The second-order valence-electron chi connectivity index (χ2n) is 4.50. The van der Waals surface area contributed by atoms with E-state index in [9.17, 15) is 9.90 Å². The minimum Gasteiger partial charge on any atom is -0.465 e. The average Bonchev–Trinajstić information content (AvgIpc) is 2.86. The molecule has 0 saturated heterocycles. The van der Waals surface area contributed by atoms with E-state index in [1.807, 2.05) is 30.3 Å². The first kappa shape index (κ1) is 13.1.